The third-order valence-electron chi connectivity index (χ3n) is 3.60. The number of carbonyl (C=O) groups is 1. The van der Waals surface area contributed by atoms with Crippen molar-refractivity contribution in [1.29, 1.82) is 0 Å². The van der Waals surface area contributed by atoms with Crippen molar-refractivity contribution < 1.29 is 9.32 Å². The molecule has 1 aliphatic heterocycles. The van der Waals surface area contributed by atoms with Gasteiger partial charge in [0.1, 0.15) is 6.54 Å². The summed E-state index contributed by atoms with van der Waals surface area (Å²) in [4.78, 5) is 26.1. The van der Waals surface area contributed by atoms with Crippen LogP contribution in [0, 0.1) is 0 Å². The smallest absolute Gasteiger partial charge is 0.290 e. The van der Waals surface area contributed by atoms with Crippen molar-refractivity contribution in [1.82, 2.24) is 9.64 Å². The molecule has 3 rings (SSSR count). The average Bonchev–Trinajstić information content (AvgIpc) is 2.75. The van der Waals surface area contributed by atoms with Crippen LogP contribution in [0.2, 0.25) is 0 Å². The van der Waals surface area contributed by atoms with Crippen LogP contribution in [0.25, 0.3) is 11.0 Å². The fraction of sp³-hybridized carbons (Fsp3) is 0.429. The van der Waals surface area contributed by atoms with Gasteiger partial charge in [0.2, 0.25) is 5.91 Å². The SMILES string of the molecule is O=C(Cn1oc2cc(Br)ccc2c1=O)N1CCCCC1. The molecule has 1 aliphatic rings. The number of likely N-dealkylation sites (tertiary alicyclic amines) is 1. The fourth-order valence-corrected chi connectivity index (χ4v) is 2.85. The van der Waals surface area contributed by atoms with Crippen molar-refractivity contribution in [2.24, 2.45) is 0 Å². The second kappa shape index (κ2) is 5.44. The van der Waals surface area contributed by atoms with E-state index in [1.54, 1.807) is 23.1 Å². The van der Waals surface area contributed by atoms with Gasteiger partial charge in [-0.05, 0) is 37.5 Å². The van der Waals surface area contributed by atoms with Crippen LogP contribution in [-0.4, -0.2) is 28.6 Å². The van der Waals surface area contributed by atoms with Crippen LogP contribution in [0.4, 0.5) is 0 Å². The van der Waals surface area contributed by atoms with Crippen molar-refractivity contribution in [3.05, 3.63) is 33.0 Å². The minimum Gasteiger partial charge on any atom is -0.375 e. The van der Waals surface area contributed by atoms with Gasteiger partial charge in [-0.15, -0.1) is 0 Å². The summed E-state index contributed by atoms with van der Waals surface area (Å²) in [6.45, 7) is 1.53. The Balaban J connectivity index is 1.85. The van der Waals surface area contributed by atoms with Gasteiger partial charge in [0.15, 0.2) is 5.58 Å². The average molecular weight is 339 g/mol. The molecule has 2 aromatic rings. The molecule has 6 heteroatoms. The summed E-state index contributed by atoms with van der Waals surface area (Å²) in [5.74, 6) is -0.0510. The van der Waals surface area contributed by atoms with Crippen molar-refractivity contribution in [3.8, 4) is 0 Å². The number of piperidine rings is 1. The molecule has 20 heavy (non-hydrogen) atoms. The summed E-state index contributed by atoms with van der Waals surface area (Å²) in [6.07, 6.45) is 3.24. The van der Waals surface area contributed by atoms with Crippen molar-refractivity contribution in [3.63, 3.8) is 0 Å². The van der Waals surface area contributed by atoms with Gasteiger partial charge >= 0.3 is 0 Å². The number of hydrogen-bond donors (Lipinski definition) is 0. The molecule has 2 heterocycles. The Labute approximate surface area is 124 Å². The van der Waals surface area contributed by atoms with Crippen molar-refractivity contribution in [2.45, 2.75) is 25.8 Å². The maximum atomic E-state index is 12.2. The molecule has 0 aliphatic carbocycles. The Morgan fingerprint density at radius 3 is 2.75 bits per heavy atom. The molecule has 1 amide bonds. The zero-order valence-electron chi connectivity index (χ0n) is 11.0. The molecule has 106 valence electrons. The van der Waals surface area contributed by atoms with Crippen LogP contribution < -0.4 is 5.56 Å². The Morgan fingerprint density at radius 2 is 2.00 bits per heavy atom. The third kappa shape index (κ3) is 2.52. The minimum absolute atomic E-state index is 0.0227. The van der Waals surface area contributed by atoms with E-state index in [-0.39, 0.29) is 18.0 Å². The Bertz CT molecular complexity index is 698. The van der Waals surface area contributed by atoms with Crippen LogP contribution in [0.15, 0.2) is 32.0 Å². The summed E-state index contributed by atoms with van der Waals surface area (Å²) >= 11 is 3.33. The maximum absolute atomic E-state index is 12.2. The lowest BCUT2D eigenvalue weighted by atomic mass is 10.1. The number of rotatable bonds is 2. The number of hydrogen-bond acceptors (Lipinski definition) is 3. The Morgan fingerprint density at radius 1 is 1.25 bits per heavy atom. The topological polar surface area (TPSA) is 55.5 Å². The normalized spacial score (nSPS) is 15.8. The number of carbonyl (C=O) groups excluding carboxylic acids is 1. The molecule has 0 N–H and O–H groups in total. The fourth-order valence-electron chi connectivity index (χ4n) is 2.51. The van der Waals surface area contributed by atoms with Gasteiger partial charge in [-0.2, -0.15) is 4.74 Å². The molecular formula is C14H15BrN2O3. The van der Waals surface area contributed by atoms with Crippen LogP contribution in [0.5, 0.6) is 0 Å². The first-order valence-electron chi connectivity index (χ1n) is 6.72. The van der Waals surface area contributed by atoms with Gasteiger partial charge in [-0.1, -0.05) is 15.9 Å². The predicted molar refractivity (Wildman–Crippen MR) is 78.6 cm³/mol. The van der Waals surface area contributed by atoms with Crippen LogP contribution >= 0.6 is 15.9 Å². The third-order valence-corrected chi connectivity index (χ3v) is 4.09. The van der Waals surface area contributed by atoms with E-state index in [2.05, 4.69) is 15.9 Å². The van der Waals surface area contributed by atoms with Crippen LogP contribution in [-0.2, 0) is 11.3 Å². The van der Waals surface area contributed by atoms with Crippen LogP contribution in [0.1, 0.15) is 19.3 Å². The highest BCUT2D eigenvalue weighted by atomic mass is 79.9. The van der Waals surface area contributed by atoms with Gasteiger partial charge in [-0.3, -0.25) is 9.59 Å². The largest absolute Gasteiger partial charge is 0.375 e. The Hall–Kier alpha value is -1.56. The second-order valence-electron chi connectivity index (χ2n) is 5.01. The molecule has 0 bridgehead atoms. The molecule has 0 unspecified atom stereocenters. The predicted octanol–water partition coefficient (Wildman–Crippen LogP) is 2.37. The molecule has 1 fully saturated rings. The molecule has 0 radical (unpaired) electrons. The molecular weight excluding hydrogens is 324 g/mol. The summed E-state index contributed by atoms with van der Waals surface area (Å²) in [6, 6.07) is 5.22. The molecule has 0 spiro atoms. The van der Waals surface area contributed by atoms with Gasteiger partial charge < -0.3 is 9.42 Å². The van der Waals surface area contributed by atoms with Gasteiger partial charge in [-0.25, -0.2) is 0 Å². The number of amides is 1. The van der Waals surface area contributed by atoms with Crippen molar-refractivity contribution in [2.75, 3.05) is 13.1 Å². The highest BCUT2D eigenvalue weighted by Crippen LogP contribution is 2.18. The van der Waals surface area contributed by atoms with E-state index in [1.807, 2.05) is 0 Å². The summed E-state index contributed by atoms with van der Waals surface area (Å²) in [5, 5.41) is 0.500. The second-order valence-corrected chi connectivity index (χ2v) is 5.93. The standard InChI is InChI=1S/C14H15BrN2O3/c15-10-4-5-11-12(8-10)20-17(14(11)19)9-13(18)16-6-2-1-3-7-16/h4-5,8H,1-3,6-7,9H2. The number of nitrogens with zero attached hydrogens (tertiary/aromatic N) is 2. The van der Waals surface area contributed by atoms with E-state index in [0.717, 1.165) is 35.1 Å². The lowest BCUT2D eigenvalue weighted by Gasteiger charge is -2.26. The number of halogens is 1. The lowest BCUT2D eigenvalue weighted by molar-refractivity contribution is -0.133. The zero-order chi connectivity index (χ0) is 14.1. The first kappa shape index (κ1) is 13.4. The van der Waals surface area contributed by atoms with E-state index in [0.29, 0.717) is 11.0 Å². The lowest BCUT2D eigenvalue weighted by Crippen LogP contribution is -2.38. The summed E-state index contributed by atoms with van der Waals surface area (Å²) in [7, 11) is 0. The van der Waals surface area contributed by atoms with Gasteiger partial charge in [0.25, 0.3) is 5.56 Å². The number of benzene rings is 1. The first-order chi connectivity index (χ1) is 9.65. The molecule has 1 aromatic heterocycles. The zero-order valence-corrected chi connectivity index (χ0v) is 12.6. The molecule has 1 saturated heterocycles. The molecule has 0 saturated carbocycles. The number of aromatic nitrogens is 1. The van der Waals surface area contributed by atoms with E-state index in [1.165, 1.54) is 6.42 Å². The van der Waals surface area contributed by atoms with E-state index >= 15 is 0 Å². The monoisotopic (exact) mass is 338 g/mol. The molecule has 0 atom stereocenters. The van der Waals surface area contributed by atoms with E-state index in [4.69, 9.17) is 4.52 Å². The maximum Gasteiger partial charge on any atom is 0.290 e. The molecule has 5 nitrogen and oxygen atoms in total. The summed E-state index contributed by atoms with van der Waals surface area (Å²) < 4.78 is 7.46. The van der Waals surface area contributed by atoms with E-state index < -0.39 is 0 Å². The van der Waals surface area contributed by atoms with Gasteiger partial charge in [0, 0.05) is 17.6 Å². The first-order valence-corrected chi connectivity index (χ1v) is 7.51. The minimum atomic E-state index is -0.252. The number of fused-ring (bicyclic) bond motifs is 1. The van der Waals surface area contributed by atoms with E-state index in [9.17, 15) is 9.59 Å². The summed E-state index contributed by atoms with van der Waals surface area (Å²) in [5.41, 5.74) is 0.244. The highest BCUT2D eigenvalue weighted by molar-refractivity contribution is 9.10. The quantitative estimate of drug-likeness (QED) is 0.844. The van der Waals surface area contributed by atoms with Crippen LogP contribution in [0.3, 0.4) is 0 Å². The molecule has 1 aromatic carbocycles. The highest BCUT2D eigenvalue weighted by Gasteiger charge is 2.19. The van der Waals surface area contributed by atoms with Gasteiger partial charge in [0.05, 0.1) is 5.39 Å². The Kier molecular flexibility index (Phi) is 3.65. The van der Waals surface area contributed by atoms with Crippen molar-refractivity contribution >= 4 is 32.8 Å².